The van der Waals surface area contributed by atoms with Crippen molar-refractivity contribution in [2.24, 2.45) is 0 Å². The minimum absolute atomic E-state index is 1.18. The van der Waals surface area contributed by atoms with Gasteiger partial charge in [0.15, 0.2) is 0 Å². The summed E-state index contributed by atoms with van der Waals surface area (Å²) in [5.74, 6) is 0. The second-order valence-corrected chi connectivity index (χ2v) is 16.7. The van der Waals surface area contributed by atoms with E-state index in [0.717, 1.165) is 0 Å². The number of rotatable bonds is 1. The van der Waals surface area contributed by atoms with E-state index < -0.39 is 0 Å². The highest BCUT2D eigenvalue weighted by molar-refractivity contribution is 6.29. The molecule has 0 bridgehead atoms. The highest BCUT2D eigenvalue weighted by Crippen LogP contribution is 2.54. The largest absolute Gasteiger partial charge is 0.309 e. The molecule has 12 aromatic carbocycles. The van der Waals surface area contributed by atoms with E-state index in [1.165, 1.54) is 137 Å². The lowest BCUT2D eigenvalue weighted by atomic mass is 9.77. The second-order valence-electron chi connectivity index (χ2n) is 16.7. The number of aromatic nitrogens is 1. The summed E-state index contributed by atoms with van der Waals surface area (Å²) in [4.78, 5) is 0. The predicted octanol–water partition coefficient (Wildman–Crippen LogP) is 16.7. The minimum atomic E-state index is 1.18. The van der Waals surface area contributed by atoms with Crippen LogP contribution in [-0.2, 0) is 0 Å². The molecular formula is C60H35N. The average Bonchev–Trinajstić information content (AvgIpc) is 3.67. The standard InChI is InChI=1S/C60H35N/c1-5-20-40-36(16-1)37-17-3-7-22-42(37)51-34-55-48-28-15-31-59(61-57-29-13-11-26-46(57)47-27-12-14-30-58(47)61)60(48)56-35-53-43-23-8-4-19-39(43)38-18-2-6-21-41(38)50(53)33-54(56)45-25-10-9-24-44(45)52(55)32-49(40)51/h1-35H. The van der Waals surface area contributed by atoms with Gasteiger partial charge in [-0.2, -0.15) is 0 Å². The van der Waals surface area contributed by atoms with Crippen LogP contribution >= 0.6 is 0 Å². The van der Waals surface area contributed by atoms with Crippen molar-refractivity contribution < 1.29 is 0 Å². The van der Waals surface area contributed by atoms with Gasteiger partial charge < -0.3 is 4.57 Å². The van der Waals surface area contributed by atoms with Crippen molar-refractivity contribution in [3.05, 3.63) is 212 Å². The van der Waals surface area contributed by atoms with Crippen molar-refractivity contribution in [1.29, 1.82) is 0 Å². The molecule has 1 heteroatoms. The lowest BCUT2D eigenvalue weighted by Gasteiger charge is -2.27. The van der Waals surface area contributed by atoms with Crippen LogP contribution in [0.4, 0.5) is 0 Å². The lowest BCUT2D eigenvalue weighted by Crippen LogP contribution is -2.03. The fourth-order valence-electron chi connectivity index (χ4n) is 11.1. The van der Waals surface area contributed by atoms with Gasteiger partial charge >= 0.3 is 0 Å². The van der Waals surface area contributed by atoms with Gasteiger partial charge in [-0.3, -0.25) is 0 Å². The summed E-state index contributed by atoms with van der Waals surface area (Å²) in [5.41, 5.74) is 13.5. The van der Waals surface area contributed by atoms with Gasteiger partial charge in [0.25, 0.3) is 0 Å². The summed E-state index contributed by atoms with van der Waals surface area (Å²) >= 11 is 0. The van der Waals surface area contributed by atoms with E-state index in [4.69, 9.17) is 0 Å². The molecule has 1 heterocycles. The molecule has 13 aromatic rings. The Morgan fingerprint density at radius 2 is 0.492 bits per heavy atom. The van der Waals surface area contributed by atoms with Gasteiger partial charge in [0.05, 0.1) is 16.7 Å². The second kappa shape index (κ2) is 12.3. The van der Waals surface area contributed by atoms with Crippen LogP contribution in [0.3, 0.4) is 0 Å². The van der Waals surface area contributed by atoms with E-state index in [-0.39, 0.29) is 0 Å². The smallest absolute Gasteiger partial charge is 0.0547 e. The average molecular weight is 770 g/mol. The Bertz CT molecular complexity index is 3950. The Labute approximate surface area is 352 Å². The summed E-state index contributed by atoms with van der Waals surface area (Å²) < 4.78 is 2.52. The molecule has 1 aromatic heterocycles. The SMILES string of the molecule is c1ccc2c(c1)-c1cc3c4ccccc4c4ccccc4c3cc1-c1cccc(-n3c4ccccc4c4ccccc43)c1-c1cc3c4ccccc4c4ccccc4c3cc1-2. The molecule has 0 N–H and O–H groups in total. The molecule has 0 saturated carbocycles. The molecule has 0 amide bonds. The fraction of sp³-hybridized carbons (Fsp3) is 0. The van der Waals surface area contributed by atoms with Crippen molar-refractivity contribution in [3.8, 4) is 50.2 Å². The maximum Gasteiger partial charge on any atom is 0.0547 e. The van der Waals surface area contributed by atoms with Crippen LogP contribution in [0.1, 0.15) is 0 Å². The summed E-state index contributed by atoms with van der Waals surface area (Å²) in [7, 11) is 0. The molecule has 61 heavy (non-hydrogen) atoms. The van der Waals surface area contributed by atoms with Gasteiger partial charge in [0.2, 0.25) is 0 Å². The molecular weight excluding hydrogens is 735 g/mol. The van der Waals surface area contributed by atoms with Crippen LogP contribution in [0.5, 0.6) is 0 Å². The zero-order valence-corrected chi connectivity index (χ0v) is 33.2. The Morgan fingerprint density at radius 1 is 0.197 bits per heavy atom. The third kappa shape index (κ3) is 4.45. The Balaban J connectivity index is 1.23. The van der Waals surface area contributed by atoms with Crippen LogP contribution in [-0.4, -0.2) is 4.57 Å². The van der Waals surface area contributed by atoms with Gasteiger partial charge in [-0.15, -0.1) is 0 Å². The summed E-state index contributed by atoms with van der Waals surface area (Å²) in [6.45, 7) is 0. The van der Waals surface area contributed by atoms with E-state index >= 15 is 0 Å². The predicted molar refractivity (Wildman–Crippen MR) is 261 cm³/mol. The number of fused-ring (bicyclic) bond motifs is 23. The van der Waals surface area contributed by atoms with E-state index in [1.54, 1.807) is 0 Å². The monoisotopic (exact) mass is 769 g/mol. The van der Waals surface area contributed by atoms with Crippen LogP contribution in [0.25, 0.3) is 137 Å². The molecule has 0 spiro atoms. The van der Waals surface area contributed by atoms with Crippen LogP contribution < -0.4 is 0 Å². The normalized spacial score (nSPS) is 12.3. The fourth-order valence-corrected chi connectivity index (χ4v) is 11.1. The number of para-hydroxylation sites is 2. The van der Waals surface area contributed by atoms with Gasteiger partial charge in [-0.05, 0) is 146 Å². The van der Waals surface area contributed by atoms with Crippen molar-refractivity contribution >= 4 is 86.4 Å². The van der Waals surface area contributed by atoms with Crippen LogP contribution in [0.2, 0.25) is 0 Å². The molecule has 1 aliphatic rings. The van der Waals surface area contributed by atoms with E-state index in [9.17, 15) is 0 Å². The molecule has 0 unspecified atom stereocenters. The first-order valence-electron chi connectivity index (χ1n) is 21.3. The molecule has 280 valence electrons. The number of nitrogens with zero attached hydrogens (tertiary/aromatic N) is 1. The minimum Gasteiger partial charge on any atom is -0.309 e. The van der Waals surface area contributed by atoms with Crippen molar-refractivity contribution in [3.63, 3.8) is 0 Å². The number of hydrogen-bond donors (Lipinski definition) is 0. The van der Waals surface area contributed by atoms with Crippen molar-refractivity contribution in [2.45, 2.75) is 0 Å². The molecule has 0 aliphatic heterocycles. The molecule has 1 nitrogen and oxygen atoms in total. The number of benzene rings is 12. The van der Waals surface area contributed by atoms with E-state index in [0.29, 0.717) is 0 Å². The van der Waals surface area contributed by atoms with Crippen molar-refractivity contribution in [1.82, 2.24) is 4.57 Å². The van der Waals surface area contributed by atoms with Crippen molar-refractivity contribution in [2.75, 3.05) is 0 Å². The Morgan fingerprint density at radius 3 is 0.918 bits per heavy atom. The number of hydrogen-bond acceptors (Lipinski definition) is 0. The lowest BCUT2D eigenvalue weighted by molar-refractivity contribution is 1.18. The Kier molecular flexibility index (Phi) is 6.62. The highest BCUT2D eigenvalue weighted by atomic mass is 15.0. The zero-order chi connectivity index (χ0) is 39.8. The van der Waals surface area contributed by atoms with Gasteiger partial charge in [-0.1, -0.05) is 170 Å². The molecule has 1 aliphatic carbocycles. The molecule has 0 fully saturated rings. The quantitative estimate of drug-likeness (QED) is 0.147. The molecule has 0 radical (unpaired) electrons. The highest BCUT2D eigenvalue weighted by Gasteiger charge is 2.28. The molecule has 0 atom stereocenters. The van der Waals surface area contributed by atoms with E-state index in [2.05, 4.69) is 217 Å². The van der Waals surface area contributed by atoms with Gasteiger partial charge in [0, 0.05) is 16.3 Å². The van der Waals surface area contributed by atoms with Crippen LogP contribution in [0, 0.1) is 0 Å². The third-order valence-corrected chi connectivity index (χ3v) is 13.7. The summed E-state index contributed by atoms with van der Waals surface area (Å²) in [6.07, 6.45) is 0. The van der Waals surface area contributed by atoms with Gasteiger partial charge in [-0.25, -0.2) is 0 Å². The molecule has 0 saturated heterocycles. The maximum absolute atomic E-state index is 2.53. The van der Waals surface area contributed by atoms with Crippen LogP contribution in [0.15, 0.2) is 212 Å². The Hall–Kier alpha value is -8.00. The van der Waals surface area contributed by atoms with E-state index in [1.807, 2.05) is 0 Å². The first-order chi connectivity index (χ1) is 30.3. The van der Waals surface area contributed by atoms with Gasteiger partial charge in [0.1, 0.15) is 0 Å². The zero-order valence-electron chi connectivity index (χ0n) is 33.2. The summed E-state index contributed by atoms with van der Waals surface area (Å²) in [5, 5.41) is 17.9. The summed E-state index contributed by atoms with van der Waals surface area (Å²) in [6, 6.07) is 79.8. The topological polar surface area (TPSA) is 4.93 Å². The first-order valence-corrected chi connectivity index (χ1v) is 21.3. The maximum atomic E-state index is 2.53. The first kappa shape index (κ1) is 32.9. The third-order valence-electron chi connectivity index (χ3n) is 13.7. The molecule has 14 rings (SSSR count).